The predicted octanol–water partition coefficient (Wildman–Crippen LogP) is 3.59. The lowest BCUT2D eigenvalue weighted by Gasteiger charge is -2.12. The van der Waals surface area contributed by atoms with E-state index in [1.807, 2.05) is 19.1 Å². The Labute approximate surface area is 175 Å². The average molecular weight is 427 g/mol. The fraction of sp³-hybridized carbons (Fsp3) is 0.150. The molecule has 2 aromatic carbocycles. The van der Waals surface area contributed by atoms with Crippen LogP contribution >= 0.6 is 11.8 Å². The fourth-order valence-electron chi connectivity index (χ4n) is 2.71. The maximum absolute atomic E-state index is 12.6. The molecule has 0 atom stereocenters. The number of amides is 3. The standard InChI is InChI=1S/C20H17N3O6S/c1-12-3-5-14(6-4-12)21-18(24)11-22-19(25)17(30-20(22)26)10-13-9-15(23(27)28)7-8-16(13)29-2/h3-10H,11H2,1-2H3,(H,21,24)/b17-10-. The van der Waals surface area contributed by atoms with Gasteiger partial charge < -0.3 is 10.1 Å². The first-order valence-corrected chi connectivity index (χ1v) is 9.54. The van der Waals surface area contributed by atoms with Crippen molar-refractivity contribution >= 4 is 46.3 Å². The molecule has 1 N–H and O–H groups in total. The van der Waals surface area contributed by atoms with E-state index >= 15 is 0 Å². The van der Waals surface area contributed by atoms with E-state index in [-0.39, 0.29) is 16.2 Å². The summed E-state index contributed by atoms with van der Waals surface area (Å²) >= 11 is 0.653. The van der Waals surface area contributed by atoms with Crippen molar-refractivity contribution in [1.82, 2.24) is 4.90 Å². The number of imide groups is 1. The lowest BCUT2D eigenvalue weighted by Crippen LogP contribution is -2.36. The molecule has 3 rings (SSSR count). The number of hydrogen-bond acceptors (Lipinski definition) is 7. The van der Waals surface area contributed by atoms with Gasteiger partial charge in [0.2, 0.25) is 5.91 Å². The molecule has 10 heteroatoms. The Morgan fingerprint density at radius 2 is 1.93 bits per heavy atom. The summed E-state index contributed by atoms with van der Waals surface area (Å²) in [4.78, 5) is 48.4. The summed E-state index contributed by atoms with van der Waals surface area (Å²) in [5.41, 5.74) is 1.68. The number of nitro benzene ring substituents is 1. The highest BCUT2D eigenvalue weighted by Gasteiger charge is 2.36. The van der Waals surface area contributed by atoms with Crippen LogP contribution in [0, 0.1) is 17.0 Å². The minimum absolute atomic E-state index is 0.0435. The smallest absolute Gasteiger partial charge is 0.294 e. The number of aryl methyl sites for hydroxylation is 1. The number of rotatable bonds is 6. The summed E-state index contributed by atoms with van der Waals surface area (Å²) in [6, 6.07) is 11.0. The number of hydrogen-bond donors (Lipinski definition) is 1. The average Bonchev–Trinajstić information content (AvgIpc) is 2.97. The van der Waals surface area contributed by atoms with Gasteiger partial charge in [-0.05, 0) is 43.0 Å². The van der Waals surface area contributed by atoms with Crippen molar-refractivity contribution in [2.24, 2.45) is 0 Å². The molecule has 0 saturated carbocycles. The molecule has 9 nitrogen and oxygen atoms in total. The number of benzene rings is 2. The van der Waals surface area contributed by atoms with Crippen molar-refractivity contribution in [2.75, 3.05) is 19.0 Å². The van der Waals surface area contributed by atoms with Gasteiger partial charge in [-0.25, -0.2) is 0 Å². The Kier molecular flexibility index (Phi) is 6.17. The van der Waals surface area contributed by atoms with E-state index in [4.69, 9.17) is 4.74 Å². The van der Waals surface area contributed by atoms with Gasteiger partial charge in [-0.3, -0.25) is 29.4 Å². The maximum Gasteiger partial charge on any atom is 0.294 e. The van der Waals surface area contributed by atoms with Crippen LogP contribution in [0.15, 0.2) is 47.4 Å². The van der Waals surface area contributed by atoms with Crippen LogP contribution in [0.25, 0.3) is 6.08 Å². The SMILES string of the molecule is COc1ccc([N+](=O)[O-])cc1/C=C1\SC(=O)N(CC(=O)Nc2ccc(C)cc2)C1=O. The molecule has 1 fully saturated rings. The van der Waals surface area contributed by atoms with E-state index in [0.29, 0.717) is 23.2 Å². The van der Waals surface area contributed by atoms with Crippen LogP contribution in [-0.2, 0) is 9.59 Å². The first-order chi connectivity index (χ1) is 14.3. The Bertz CT molecular complexity index is 1060. The number of nitro groups is 1. The van der Waals surface area contributed by atoms with Gasteiger partial charge in [0.05, 0.1) is 16.9 Å². The van der Waals surface area contributed by atoms with Crippen LogP contribution in [-0.4, -0.2) is 40.5 Å². The quantitative estimate of drug-likeness (QED) is 0.425. The van der Waals surface area contributed by atoms with Gasteiger partial charge in [0.15, 0.2) is 0 Å². The molecule has 1 aliphatic rings. The zero-order valence-electron chi connectivity index (χ0n) is 16.1. The van der Waals surface area contributed by atoms with Crippen LogP contribution < -0.4 is 10.1 Å². The fourth-order valence-corrected chi connectivity index (χ4v) is 3.54. The van der Waals surface area contributed by atoms with Crippen molar-refractivity contribution in [1.29, 1.82) is 0 Å². The largest absolute Gasteiger partial charge is 0.496 e. The van der Waals surface area contributed by atoms with Gasteiger partial charge in [-0.15, -0.1) is 0 Å². The van der Waals surface area contributed by atoms with Crippen molar-refractivity contribution in [3.63, 3.8) is 0 Å². The first-order valence-electron chi connectivity index (χ1n) is 8.73. The van der Waals surface area contributed by atoms with E-state index in [2.05, 4.69) is 5.32 Å². The Balaban J connectivity index is 1.77. The highest BCUT2D eigenvalue weighted by Crippen LogP contribution is 2.35. The summed E-state index contributed by atoms with van der Waals surface area (Å²) in [7, 11) is 1.39. The number of nitrogens with one attached hydrogen (secondary N) is 1. The summed E-state index contributed by atoms with van der Waals surface area (Å²) in [5, 5.41) is 13.0. The van der Waals surface area contributed by atoms with Gasteiger partial charge in [-0.2, -0.15) is 0 Å². The molecule has 0 aromatic heterocycles. The number of anilines is 1. The van der Waals surface area contributed by atoms with Crippen molar-refractivity contribution in [3.05, 3.63) is 68.6 Å². The van der Waals surface area contributed by atoms with Crippen molar-refractivity contribution in [2.45, 2.75) is 6.92 Å². The molecular formula is C20H17N3O6S. The van der Waals surface area contributed by atoms with Crippen molar-refractivity contribution < 1.29 is 24.0 Å². The zero-order chi connectivity index (χ0) is 21.8. The van der Waals surface area contributed by atoms with E-state index in [9.17, 15) is 24.5 Å². The van der Waals surface area contributed by atoms with Gasteiger partial charge >= 0.3 is 0 Å². The first kappa shape index (κ1) is 21.1. The molecule has 3 amide bonds. The number of non-ortho nitro benzene ring substituents is 1. The normalized spacial score (nSPS) is 14.9. The monoisotopic (exact) mass is 427 g/mol. The van der Waals surface area contributed by atoms with Crippen LogP contribution in [0.2, 0.25) is 0 Å². The maximum atomic E-state index is 12.6. The second-order valence-corrected chi connectivity index (χ2v) is 7.36. The third-order valence-electron chi connectivity index (χ3n) is 4.22. The summed E-state index contributed by atoms with van der Waals surface area (Å²) in [5.74, 6) is -0.863. The molecule has 0 bridgehead atoms. The molecule has 2 aromatic rings. The number of ether oxygens (including phenoxy) is 1. The summed E-state index contributed by atoms with van der Waals surface area (Å²) < 4.78 is 5.17. The molecule has 0 aliphatic carbocycles. The second kappa shape index (κ2) is 8.78. The van der Waals surface area contributed by atoms with E-state index < -0.39 is 28.5 Å². The number of methoxy groups -OCH3 is 1. The molecular weight excluding hydrogens is 410 g/mol. The van der Waals surface area contributed by atoms with Crippen LogP contribution in [0.5, 0.6) is 5.75 Å². The van der Waals surface area contributed by atoms with E-state index in [0.717, 1.165) is 10.5 Å². The highest BCUT2D eigenvalue weighted by atomic mass is 32.2. The minimum atomic E-state index is -0.655. The predicted molar refractivity (Wildman–Crippen MR) is 112 cm³/mol. The van der Waals surface area contributed by atoms with Gasteiger partial charge in [-0.1, -0.05) is 17.7 Å². The second-order valence-electron chi connectivity index (χ2n) is 6.37. The number of nitrogens with zero attached hydrogens (tertiary/aromatic N) is 2. The van der Waals surface area contributed by atoms with Crippen LogP contribution in [0.3, 0.4) is 0 Å². The topological polar surface area (TPSA) is 119 Å². The Morgan fingerprint density at radius 1 is 1.23 bits per heavy atom. The number of carbonyl (C=O) groups is 3. The molecule has 0 radical (unpaired) electrons. The van der Waals surface area contributed by atoms with E-state index in [1.54, 1.807) is 12.1 Å². The highest BCUT2D eigenvalue weighted by molar-refractivity contribution is 8.18. The number of carbonyl (C=O) groups excluding carboxylic acids is 3. The third-order valence-corrected chi connectivity index (χ3v) is 5.13. The molecule has 0 spiro atoms. The lowest BCUT2D eigenvalue weighted by atomic mass is 10.1. The minimum Gasteiger partial charge on any atom is -0.496 e. The van der Waals surface area contributed by atoms with Gasteiger partial charge in [0, 0.05) is 23.4 Å². The molecule has 30 heavy (non-hydrogen) atoms. The summed E-state index contributed by atoms with van der Waals surface area (Å²) in [6.07, 6.45) is 1.34. The molecule has 1 saturated heterocycles. The molecule has 0 unspecified atom stereocenters. The Morgan fingerprint density at radius 3 is 2.57 bits per heavy atom. The lowest BCUT2D eigenvalue weighted by molar-refractivity contribution is -0.384. The third kappa shape index (κ3) is 4.66. The zero-order valence-corrected chi connectivity index (χ0v) is 16.9. The van der Waals surface area contributed by atoms with Crippen LogP contribution in [0.4, 0.5) is 16.2 Å². The van der Waals surface area contributed by atoms with Crippen LogP contribution in [0.1, 0.15) is 11.1 Å². The Hall–Kier alpha value is -3.66. The van der Waals surface area contributed by atoms with Gasteiger partial charge in [0.25, 0.3) is 16.8 Å². The van der Waals surface area contributed by atoms with Gasteiger partial charge in [0.1, 0.15) is 12.3 Å². The molecule has 1 heterocycles. The molecule has 1 aliphatic heterocycles. The van der Waals surface area contributed by atoms with E-state index in [1.165, 1.54) is 31.4 Å². The number of thioether (sulfide) groups is 1. The molecule has 154 valence electrons. The van der Waals surface area contributed by atoms with Crippen molar-refractivity contribution in [3.8, 4) is 5.75 Å². The summed E-state index contributed by atoms with van der Waals surface area (Å²) in [6.45, 7) is 1.47.